The Hall–Kier alpha value is -0.830. The zero-order valence-corrected chi connectivity index (χ0v) is 14.5. The van der Waals surface area contributed by atoms with Crippen LogP contribution in [0, 0.1) is 0 Å². The number of sulfonamides is 1. The molecular weight excluding hydrogens is 433 g/mol. The molecule has 1 heterocycles. The Morgan fingerprint density at radius 2 is 1.90 bits per heavy atom. The van der Waals surface area contributed by atoms with Gasteiger partial charge in [0.25, 0.3) is 10.0 Å². The summed E-state index contributed by atoms with van der Waals surface area (Å²) in [6.45, 7) is 0. The topological polar surface area (TPSA) is 85.1 Å². The summed E-state index contributed by atoms with van der Waals surface area (Å²) in [6.07, 6.45) is 1.33. The average molecular weight is 442 g/mol. The molecule has 1 aromatic carbocycles. The molecule has 0 saturated heterocycles. The van der Waals surface area contributed by atoms with Crippen LogP contribution in [0.1, 0.15) is 0 Å². The van der Waals surface area contributed by atoms with Crippen LogP contribution >= 0.6 is 43.5 Å². The monoisotopic (exact) mass is 439 g/mol. The van der Waals surface area contributed by atoms with Crippen LogP contribution in [0.2, 0.25) is 5.15 Å². The van der Waals surface area contributed by atoms with Crippen LogP contribution in [0.25, 0.3) is 0 Å². The lowest BCUT2D eigenvalue weighted by molar-refractivity contribution is 0.601. The van der Waals surface area contributed by atoms with E-state index in [0.717, 1.165) is 0 Å². The van der Waals surface area contributed by atoms with E-state index in [1.807, 2.05) is 0 Å². The van der Waals surface area contributed by atoms with Crippen molar-refractivity contribution in [1.82, 2.24) is 4.98 Å². The van der Waals surface area contributed by atoms with Crippen molar-refractivity contribution < 1.29 is 8.42 Å². The second-order valence-electron chi connectivity index (χ2n) is 3.79. The van der Waals surface area contributed by atoms with Crippen molar-refractivity contribution in [2.24, 2.45) is 0 Å². The van der Waals surface area contributed by atoms with Crippen LogP contribution in [0.5, 0.6) is 0 Å². The molecule has 106 valence electrons. The third kappa shape index (κ3) is 3.43. The number of hydrogen-bond acceptors (Lipinski definition) is 4. The molecule has 0 unspecified atom stereocenters. The lowest BCUT2D eigenvalue weighted by Gasteiger charge is -2.09. The Balaban J connectivity index is 2.35. The van der Waals surface area contributed by atoms with Crippen molar-refractivity contribution in [2.45, 2.75) is 4.90 Å². The molecule has 20 heavy (non-hydrogen) atoms. The molecule has 5 nitrogen and oxygen atoms in total. The maximum absolute atomic E-state index is 12.2. The third-order valence-electron chi connectivity index (χ3n) is 2.33. The van der Waals surface area contributed by atoms with Gasteiger partial charge < -0.3 is 5.73 Å². The summed E-state index contributed by atoms with van der Waals surface area (Å²) in [7, 11) is -3.74. The highest BCUT2D eigenvalue weighted by Gasteiger charge is 2.16. The normalized spacial score (nSPS) is 11.3. The number of nitrogen functional groups attached to an aromatic ring is 1. The first-order valence-electron chi connectivity index (χ1n) is 5.18. The molecule has 1 aromatic heterocycles. The predicted molar refractivity (Wildman–Crippen MR) is 86.3 cm³/mol. The van der Waals surface area contributed by atoms with Crippen molar-refractivity contribution in [3.63, 3.8) is 0 Å². The highest BCUT2D eigenvalue weighted by molar-refractivity contribution is 9.11. The molecule has 3 N–H and O–H groups in total. The van der Waals surface area contributed by atoms with E-state index >= 15 is 0 Å². The average Bonchev–Trinajstić information content (AvgIpc) is 2.37. The van der Waals surface area contributed by atoms with E-state index in [2.05, 4.69) is 41.6 Å². The Bertz CT molecular complexity index is 768. The minimum atomic E-state index is -3.74. The molecule has 0 amide bonds. The molecule has 0 bridgehead atoms. The van der Waals surface area contributed by atoms with Gasteiger partial charge in [-0.05, 0) is 56.1 Å². The number of anilines is 2. The fourth-order valence-corrected chi connectivity index (χ4v) is 3.15. The van der Waals surface area contributed by atoms with Gasteiger partial charge in [-0.2, -0.15) is 0 Å². The Kier molecular flexibility index (Phi) is 4.58. The summed E-state index contributed by atoms with van der Waals surface area (Å²) in [4.78, 5) is 3.91. The largest absolute Gasteiger partial charge is 0.398 e. The van der Waals surface area contributed by atoms with Gasteiger partial charge in [0.05, 0.1) is 21.3 Å². The van der Waals surface area contributed by atoms with Gasteiger partial charge in [0.15, 0.2) is 0 Å². The van der Waals surface area contributed by atoms with Gasteiger partial charge in [-0.25, -0.2) is 13.4 Å². The Morgan fingerprint density at radius 1 is 1.20 bits per heavy atom. The van der Waals surface area contributed by atoms with E-state index in [1.54, 1.807) is 6.07 Å². The second kappa shape index (κ2) is 5.88. The highest BCUT2D eigenvalue weighted by Crippen LogP contribution is 2.26. The minimum Gasteiger partial charge on any atom is -0.398 e. The molecule has 0 spiro atoms. The van der Waals surface area contributed by atoms with Gasteiger partial charge in [0.1, 0.15) is 5.15 Å². The molecule has 0 aliphatic carbocycles. The Morgan fingerprint density at radius 3 is 2.50 bits per heavy atom. The summed E-state index contributed by atoms with van der Waals surface area (Å²) in [6, 6.07) is 5.90. The van der Waals surface area contributed by atoms with Gasteiger partial charge >= 0.3 is 0 Å². The number of pyridine rings is 1. The minimum absolute atomic E-state index is 0.0595. The first kappa shape index (κ1) is 15.6. The van der Waals surface area contributed by atoms with E-state index in [0.29, 0.717) is 20.3 Å². The van der Waals surface area contributed by atoms with E-state index < -0.39 is 10.0 Å². The summed E-state index contributed by atoms with van der Waals surface area (Å²) < 4.78 is 27.9. The molecular formula is C11H8Br2ClN3O2S. The van der Waals surface area contributed by atoms with Crippen molar-refractivity contribution in [1.29, 1.82) is 0 Å². The maximum atomic E-state index is 12.2. The SMILES string of the molecule is Nc1cc(S(=O)(=O)Nc2cnc(Cl)c(Br)c2)ccc1Br. The standard InChI is InChI=1S/C11H8Br2ClN3O2S/c12-8-2-1-7(4-10(8)15)20(18,19)17-6-3-9(13)11(14)16-5-6/h1-5,17H,15H2. The summed E-state index contributed by atoms with van der Waals surface area (Å²) in [5.41, 5.74) is 6.31. The molecule has 0 fully saturated rings. The Labute approximate surface area is 137 Å². The van der Waals surface area contributed by atoms with Crippen LogP contribution in [0.4, 0.5) is 11.4 Å². The van der Waals surface area contributed by atoms with Gasteiger partial charge in [-0.15, -0.1) is 0 Å². The van der Waals surface area contributed by atoms with Gasteiger partial charge in [0.2, 0.25) is 0 Å². The van der Waals surface area contributed by atoms with Gasteiger partial charge in [-0.1, -0.05) is 11.6 Å². The molecule has 0 aliphatic rings. The number of aromatic nitrogens is 1. The number of hydrogen-bond donors (Lipinski definition) is 2. The molecule has 9 heteroatoms. The number of halogens is 3. The smallest absolute Gasteiger partial charge is 0.262 e. The van der Waals surface area contributed by atoms with E-state index in [4.69, 9.17) is 17.3 Å². The van der Waals surface area contributed by atoms with E-state index in [1.165, 1.54) is 24.4 Å². The maximum Gasteiger partial charge on any atom is 0.262 e. The first-order chi connectivity index (χ1) is 9.29. The quantitative estimate of drug-likeness (QED) is 0.563. The number of benzene rings is 1. The van der Waals surface area contributed by atoms with Crippen LogP contribution in [0.15, 0.2) is 44.3 Å². The van der Waals surface area contributed by atoms with Crippen molar-refractivity contribution >= 4 is 64.9 Å². The predicted octanol–water partition coefficient (Wildman–Crippen LogP) is 3.64. The fraction of sp³-hybridized carbons (Fsp3) is 0. The molecule has 2 aromatic rings. The lowest BCUT2D eigenvalue weighted by Crippen LogP contribution is -2.13. The number of nitrogens with zero attached hydrogens (tertiary/aromatic N) is 1. The van der Waals surface area contributed by atoms with Crippen LogP contribution in [0.3, 0.4) is 0 Å². The number of nitrogens with two attached hydrogens (primary N) is 1. The fourth-order valence-electron chi connectivity index (χ4n) is 1.38. The molecule has 0 atom stereocenters. The van der Waals surface area contributed by atoms with Crippen LogP contribution in [-0.4, -0.2) is 13.4 Å². The van der Waals surface area contributed by atoms with E-state index in [9.17, 15) is 8.42 Å². The summed E-state index contributed by atoms with van der Waals surface area (Å²) in [5, 5.41) is 0.251. The molecule has 0 aliphatic heterocycles. The van der Waals surface area contributed by atoms with Gasteiger partial charge in [-0.3, -0.25) is 4.72 Å². The summed E-state index contributed by atoms with van der Waals surface area (Å²) in [5.74, 6) is 0. The van der Waals surface area contributed by atoms with Crippen molar-refractivity contribution in [3.05, 3.63) is 44.6 Å². The lowest BCUT2D eigenvalue weighted by atomic mass is 10.3. The van der Waals surface area contributed by atoms with Crippen molar-refractivity contribution in [3.8, 4) is 0 Å². The highest BCUT2D eigenvalue weighted by atomic mass is 79.9. The first-order valence-corrected chi connectivity index (χ1v) is 8.63. The number of nitrogens with one attached hydrogen (secondary N) is 1. The molecule has 0 saturated carbocycles. The second-order valence-corrected chi connectivity index (χ2v) is 7.53. The molecule has 2 rings (SSSR count). The van der Waals surface area contributed by atoms with Crippen molar-refractivity contribution in [2.75, 3.05) is 10.5 Å². The zero-order chi connectivity index (χ0) is 14.9. The zero-order valence-electron chi connectivity index (χ0n) is 9.77. The van der Waals surface area contributed by atoms with E-state index in [-0.39, 0.29) is 10.0 Å². The molecule has 0 radical (unpaired) electrons. The van der Waals surface area contributed by atoms with Gasteiger partial charge in [0, 0.05) is 10.2 Å². The number of rotatable bonds is 3. The van der Waals surface area contributed by atoms with Crippen LogP contribution in [-0.2, 0) is 10.0 Å². The summed E-state index contributed by atoms with van der Waals surface area (Å²) >= 11 is 12.1. The third-order valence-corrected chi connectivity index (χ3v) is 5.56. The van der Waals surface area contributed by atoms with Crippen LogP contribution < -0.4 is 10.5 Å².